The molecular weight excluding hydrogens is 212 g/mol. The summed E-state index contributed by atoms with van der Waals surface area (Å²) in [6, 6.07) is 0. The van der Waals surface area contributed by atoms with E-state index in [1.807, 2.05) is 0 Å². The van der Waals surface area contributed by atoms with Crippen molar-refractivity contribution in [2.45, 2.75) is 39.7 Å². The van der Waals surface area contributed by atoms with Crippen LogP contribution in [0.5, 0.6) is 0 Å². The molecule has 0 rings (SSSR count). The van der Waals surface area contributed by atoms with E-state index < -0.39 is 17.6 Å². The molecular formula is C10H20N2O4. The lowest BCUT2D eigenvalue weighted by molar-refractivity contribution is -0.130. The second-order valence-electron chi connectivity index (χ2n) is 4.73. The fraction of sp³-hybridized carbons (Fsp3) is 0.800. The van der Waals surface area contributed by atoms with Gasteiger partial charge in [0.25, 0.3) is 0 Å². The van der Waals surface area contributed by atoms with Crippen molar-refractivity contribution in [2.75, 3.05) is 6.54 Å². The van der Waals surface area contributed by atoms with Crippen molar-refractivity contribution >= 4 is 12.0 Å². The lowest BCUT2D eigenvalue weighted by Gasteiger charge is -2.20. The molecule has 6 nitrogen and oxygen atoms in total. The Bertz CT molecular complexity index is 248. The maximum Gasteiger partial charge on any atom is 0.407 e. The number of nitrogens with one attached hydrogen (secondary N) is 2. The quantitative estimate of drug-likeness (QED) is 0.499. The van der Waals surface area contributed by atoms with E-state index in [0.29, 0.717) is 6.54 Å². The van der Waals surface area contributed by atoms with Crippen molar-refractivity contribution in [3.8, 4) is 0 Å². The zero-order valence-corrected chi connectivity index (χ0v) is 10.2. The van der Waals surface area contributed by atoms with Gasteiger partial charge in [-0.3, -0.25) is 10.0 Å². The Labute approximate surface area is 95.3 Å². The first-order chi connectivity index (χ1) is 7.24. The highest BCUT2D eigenvalue weighted by molar-refractivity contribution is 5.75. The zero-order chi connectivity index (χ0) is 12.8. The van der Waals surface area contributed by atoms with Crippen LogP contribution in [-0.2, 0) is 9.53 Å². The van der Waals surface area contributed by atoms with Crippen molar-refractivity contribution in [1.82, 2.24) is 10.8 Å². The van der Waals surface area contributed by atoms with Gasteiger partial charge in [0.1, 0.15) is 5.60 Å². The molecule has 0 fully saturated rings. The summed E-state index contributed by atoms with van der Waals surface area (Å²) in [5.74, 6) is -0.543. The summed E-state index contributed by atoms with van der Waals surface area (Å²) in [5.41, 5.74) is 1.01. The molecule has 0 aromatic carbocycles. The highest BCUT2D eigenvalue weighted by atomic mass is 16.6. The molecule has 0 aliphatic heterocycles. The van der Waals surface area contributed by atoms with Gasteiger partial charge in [-0.25, -0.2) is 10.3 Å². The van der Waals surface area contributed by atoms with Crippen LogP contribution in [0, 0.1) is 5.92 Å². The summed E-state index contributed by atoms with van der Waals surface area (Å²) >= 11 is 0. The van der Waals surface area contributed by atoms with E-state index in [2.05, 4.69) is 5.32 Å². The number of ether oxygens (including phenoxy) is 1. The van der Waals surface area contributed by atoms with Crippen LogP contribution in [0.15, 0.2) is 0 Å². The van der Waals surface area contributed by atoms with E-state index in [1.54, 1.807) is 27.7 Å². The molecule has 0 aromatic rings. The van der Waals surface area contributed by atoms with Crippen LogP contribution in [0.25, 0.3) is 0 Å². The lowest BCUT2D eigenvalue weighted by Crippen LogP contribution is -2.35. The fourth-order valence-electron chi connectivity index (χ4n) is 1.01. The minimum atomic E-state index is -0.532. The van der Waals surface area contributed by atoms with E-state index in [-0.39, 0.29) is 12.3 Å². The number of alkyl carbamates (subject to hydrolysis) is 1. The summed E-state index contributed by atoms with van der Waals surface area (Å²) in [6.45, 7) is 7.43. The molecule has 1 unspecified atom stereocenters. The molecule has 0 radical (unpaired) electrons. The van der Waals surface area contributed by atoms with E-state index in [4.69, 9.17) is 9.94 Å². The van der Waals surface area contributed by atoms with Crippen molar-refractivity contribution in [1.29, 1.82) is 0 Å². The molecule has 2 amide bonds. The Balaban J connectivity index is 3.79. The summed E-state index contributed by atoms with van der Waals surface area (Å²) < 4.78 is 5.02. The van der Waals surface area contributed by atoms with Gasteiger partial charge in [0.2, 0.25) is 5.91 Å². The minimum Gasteiger partial charge on any atom is -0.444 e. The maximum atomic E-state index is 11.2. The molecule has 0 saturated heterocycles. The first kappa shape index (κ1) is 14.7. The first-order valence-electron chi connectivity index (χ1n) is 5.14. The maximum absolute atomic E-state index is 11.2. The zero-order valence-electron chi connectivity index (χ0n) is 10.2. The standard InChI is InChI=1S/C10H20N2O4/c1-7(5-8(13)12-15)6-11-9(14)16-10(2,3)4/h7,15H,5-6H2,1-4H3,(H,11,14)(H,12,13). The van der Waals surface area contributed by atoms with E-state index in [9.17, 15) is 9.59 Å². The normalized spacial score (nSPS) is 12.8. The van der Waals surface area contributed by atoms with Gasteiger partial charge in [0, 0.05) is 13.0 Å². The van der Waals surface area contributed by atoms with Crippen LogP contribution in [0.1, 0.15) is 34.1 Å². The fourth-order valence-corrected chi connectivity index (χ4v) is 1.01. The molecule has 0 heterocycles. The molecule has 6 heteroatoms. The molecule has 0 aromatic heterocycles. The van der Waals surface area contributed by atoms with Crippen LogP contribution < -0.4 is 10.8 Å². The van der Waals surface area contributed by atoms with E-state index in [0.717, 1.165) is 0 Å². The first-order valence-corrected chi connectivity index (χ1v) is 5.14. The van der Waals surface area contributed by atoms with Gasteiger partial charge in [-0.15, -0.1) is 0 Å². The topological polar surface area (TPSA) is 87.7 Å². The Morgan fingerprint density at radius 3 is 2.38 bits per heavy atom. The predicted octanol–water partition coefficient (Wildman–Crippen LogP) is 1.04. The van der Waals surface area contributed by atoms with Gasteiger partial charge < -0.3 is 10.1 Å². The van der Waals surface area contributed by atoms with E-state index >= 15 is 0 Å². The van der Waals surface area contributed by atoms with Crippen molar-refractivity contribution < 1.29 is 19.5 Å². The van der Waals surface area contributed by atoms with Gasteiger partial charge in [-0.2, -0.15) is 0 Å². The van der Waals surface area contributed by atoms with Gasteiger partial charge in [-0.1, -0.05) is 6.92 Å². The van der Waals surface area contributed by atoms with Crippen molar-refractivity contribution in [3.63, 3.8) is 0 Å². The average molecular weight is 232 g/mol. The average Bonchev–Trinajstić information content (AvgIpc) is 2.12. The minimum absolute atomic E-state index is 0.0698. The Kier molecular flexibility index (Phi) is 5.81. The number of amides is 2. The molecule has 0 aliphatic carbocycles. The molecule has 0 saturated carbocycles. The molecule has 0 bridgehead atoms. The predicted molar refractivity (Wildman–Crippen MR) is 57.9 cm³/mol. The lowest BCUT2D eigenvalue weighted by atomic mass is 10.1. The van der Waals surface area contributed by atoms with Gasteiger partial charge >= 0.3 is 6.09 Å². The third-order valence-corrected chi connectivity index (χ3v) is 1.65. The number of rotatable bonds is 4. The smallest absolute Gasteiger partial charge is 0.407 e. The van der Waals surface area contributed by atoms with Crippen molar-refractivity contribution in [2.24, 2.45) is 5.92 Å². The van der Waals surface area contributed by atoms with Gasteiger partial charge in [-0.05, 0) is 26.7 Å². The molecule has 0 spiro atoms. The van der Waals surface area contributed by atoms with Crippen molar-refractivity contribution in [3.05, 3.63) is 0 Å². The summed E-state index contributed by atoms with van der Waals surface area (Å²) in [6.07, 6.45) is -0.365. The van der Waals surface area contributed by atoms with Crippen LogP contribution in [0.3, 0.4) is 0 Å². The second kappa shape index (κ2) is 6.32. The molecule has 1 atom stereocenters. The Morgan fingerprint density at radius 1 is 1.38 bits per heavy atom. The molecule has 0 aliphatic rings. The number of hydrogen-bond acceptors (Lipinski definition) is 4. The molecule has 16 heavy (non-hydrogen) atoms. The number of hydroxylamine groups is 1. The Morgan fingerprint density at radius 2 is 1.94 bits per heavy atom. The second-order valence-corrected chi connectivity index (χ2v) is 4.73. The van der Waals surface area contributed by atoms with E-state index in [1.165, 1.54) is 5.48 Å². The number of carbonyl (C=O) groups is 2. The van der Waals surface area contributed by atoms with Crippen LogP contribution >= 0.6 is 0 Å². The Hall–Kier alpha value is -1.30. The third kappa shape index (κ3) is 8.05. The van der Waals surface area contributed by atoms with Crippen LogP contribution in [-0.4, -0.2) is 29.4 Å². The van der Waals surface area contributed by atoms with Gasteiger partial charge in [0.15, 0.2) is 0 Å². The molecule has 3 N–H and O–H groups in total. The third-order valence-electron chi connectivity index (χ3n) is 1.65. The number of hydrogen-bond donors (Lipinski definition) is 3. The summed E-state index contributed by atoms with van der Waals surface area (Å²) in [5, 5.41) is 10.8. The highest BCUT2D eigenvalue weighted by Crippen LogP contribution is 2.07. The van der Waals surface area contributed by atoms with Crippen LogP contribution in [0.2, 0.25) is 0 Å². The highest BCUT2D eigenvalue weighted by Gasteiger charge is 2.17. The molecule has 94 valence electrons. The number of carbonyl (C=O) groups excluding carboxylic acids is 2. The summed E-state index contributed by atoms with van der Waals surface area (Å²) in [7, 11) is 0. The van der Waals surface area contributed by atoms with Crippen LogP contribution in [0.4, 0.5) is 4.79 Å². The summed E-state index contributed by atoms with van der Waals surface area (Å²) in [4.78, 5) is 22.0. The monoisotopic (exact) mass is 232 g/mol. The van der Waals surface area contributed by atoms with Gasteiger partial charge in [0.05, 0.1) is 0 Å². The SMILES string of the molecule is CC(CNC(=O)OC(C)(C)C)CC(=O)NO. The largest absolute Gasteiger partial charge is 0.444 e.